The van der Waals surface area contributed by atoms with Crippen LogP contribution in [0.25, 0.3) is 44.5 Å². The molecule has 326 valence electrons. The van der Waals surface area contributed by atoms with Crippen molar-refractivity contribution in [3.8, 4) is 44.5 Å². The van der Waals surface area contributed by atoms with Gasteiger partial charge in [0.2, 0.25) is 0 Å². The van der Waals surface area contributed by atoms with E-state index < -0.39 is 0 Å². The first kappa shape index (κ1) is 41.1. The molecule has 0 N–H and O–H groups in total. The summed E-state index contributed by atoms with van der Waals surface area (Å²) in [7, 11) is 0. The number of halogens is 1. The Labute approximate surface area is 400 Å². The van der Waals surface area contributed by atoms with Crippen molar-refractivity contribution in [1.29, 1.82) is 0 Å². The highest BCUT2D eigenvalue weighted by Crippen LogP contribution is 2.55. The highest BCUT2D eigenvalue weighted by atomic mass is 35.5. The van der Waals surface area contributed by atoms with Gasteiger partial charge < -0.3 is 14.7 Å². The quantitative estimate of drug-likeness (QED) is 0.128. The average Bonchev–Trinajstić information content (AvgIpc) is 3.38. The van der Waals surface area contributed by atoms with Crippen LogP contribution in [0.15, 0.2) is 231 Å². The molecule has 4 fully saturated rings. The molecule has 4 bridgehead atoms. The van der Waals surface area contributed by atoms with Crippen LogP contribution in [0.3, 0.4) is 0 Å². The first-order valence-corrected chi connectivity index (χ1v) is 24.3. The van der Waals surface area contributed by atoms with Crippen molar-refractivity contribution in [3.05, 3.63) is 236 Å². The van der Waals surface area contributed by atoms with Crippen LogP contribution in [0.4, 0.5) is 39.8 Å². The van der Waals surface area contributed by atoms with Crippen LogP contribution in [0.5, 0.6) is 0 Å². The molecule has 0 spiro atoms. The minimum atomic E-state index is 0.511. The van der Waals surface area contributed by atoms with Gasteiger partial charge in [0, 0.05) is 56.4 Å². The average molecular weight is 887 g/mol. The van der Waals surface area contributed by atoms with Gasteiger partial charge in [0.25, 0.3) is 0 Å². The van der Waals surface area contributed by atoms with E-state index in [2.05, 4.69) is 239 Å². The monoisotopic (exact) mass is 885 g/mol. The third-order valence-corrected chi connectivity index (χ3v) is 14.8. The zero-order valence-electron chi connectivity index (χ0n) is 37.5. The van der Waals surface area contributed by atoms with E-state index in [1.807, 2.05) is 6.07 Å². The van der Waals surface area contributed by atoms with Crippen molar-refractivity contribution >= 4 is 51.4 Å². The molecule has 0 aromatic heterocycles. The minimum absolute atomic E-state index is 0.511. The summed E-state index contributed by atoms with van der Waals surface area (Å²) in [5.74, 6) is 1.64. The van der Waals surface area contributed by atoms with Crippen molar-refractivity contribution in [2.24, 2.45) is 11.8 Å². The number of rotatable bonds is 11. The second-order valence-corrected chi connectivity index (χ2v) is 19.1. The molecular weight excluding hydrogens is 834 g/mol. The van der Waals surface area contributed by atoms with Crippen molar-refractivity contribution in [1.82, 2.24) is 0 Å². The summed E-state index contributed by atoms with van der Waals surface area (Å²) in [5.41, 5.74) is 17.0. The molecule has 2 saturated heterocycles. The Balaban J connectivity index is 1.18. The number of hydrogen-bond donors (Lipinski definition) is 0. The molecule has 4 aliphatic rings. The van der Waals surface area contributed by atoms with Gasteiger partial charge in [0.05, 0.1) is 22.7 Å². The lowest BCUT2D eigenvalue weighted by Gasteiger charge is -2.57. The fourth-order valence-corrected chi connectivity index (χ4v) is 12.1. The highest BCUT2D eigenvalue weighted by molar-refractivity contribution is 6.31. The van der Waals surface area contributed by atoms with Crippen LogP contribution in [0.2, 0.25) is 5.02 Å². The van der Waals surface area contributed by atoms with Gasteiger partial charge in [-0.3, -0.25) is 0 Å². The molecule has 0 atom stereocenters. The molecule has 0 radical (unpaired) electrons. The van der Waals surface area contributed by atoms with Gasteiger partial charge >= 0.3 is 0 Å². The zero-order chi connectivity index (χ0) is 44.7. The van der Waals surface area contributed by atoms with Crippen LogP contribution in [0.1, 0.15) is 32.1 Å². The minimum Gasteiger partial charge on any atom is -0.365 e. The standard InChI is InChI=1S/C63H52ClN3/c64-50-27-16-30-52(40-50)67(63-60(48-23-10-3-11-24-48)33-18-34-61(63)49-25-12-4-13-26-49)57-42-55(65-53-36-44-35-45(38-53)39-54(65)37-44)41-56(43-57)66(51-28-14-5-15-29-51)62-58(46-19-6-1-7-20-46)31-17-32-59(62)47-21-8-2-9-22-47/h1-34,40-45,53-54H,35-39H2. The largest absolute Gasteiger partial charge is 0.365 e. The molecular formula is C63H52ClN3. The topological polar surface area (TPSA) is 9.72 Å². The van der Waals surface area contributed by atoms with Gasteiger partial charge in [0.1, 0.15) is 0 Å². The predicted octanol–water partition coefficient (Wildman–Crippen LogP) is 17.7. The molecule has 13 rings (SSSR count). The Morgan fingerprint density at radius 1 is 0.328 bits per heavy atom. The molecule has 2 saturated carbocycles. The summed E-state index contributed by atoms with van der Waals surface area (Å²) in [6.45, 7) is 0. The maximum atomic E-state index is 7.06. The second kappa shape index (κ2) is 17.8. The molecule has 2 heterocycles. The zero-order valence-corrected chi connectivity index (χ0v) is 38.3. The molecule has 9 aromatic rings. The Morgan fingerprint density at radius 2 is 0.687 bits per heavy atom. The predicted molar refractivity (Wildman–Crippen MR) is 283 cm³/mol. The summed E-state index contributed by atoms with van der Waals surface area (Å²) in [5, 5.41) is 0.692. The summed E-state index contributed by atoms with van der Waals surface area (Å²) in [6.07, 6.45) is 6.44. The van der Waals surface area contributed by atoms with Gasteiger partial charge in [-0.15, -0.1) is 0 Å². The normalized spacial score (nSPS) is 18.2. The summed E-state index contributed by atoms with van der Waals surface area (Å²) in [6, 6.07) is 84.9. The van der Waals surface area contributed by atoms with E-state index in [1.165, 1.54) is 60.0 Å². The van der Waals surface area contributed by atoms with Gasteiger partial charge in [-0.05, 0) is 115 Å². The number of anilines is 7. The first-order valence-electron chi connectivity index (χ1n) is 23.9. The third-order valence-electron chi connectivity index (χ3n) is 14.5. The van der Waals surface area contributed by atoms with E-state index in [-0.39, 0.29) is 0 Å². The molecule has 67 heavy (non-hydrogen) atoms. The maximum absolute atomic E-state index is 7.06. The molecule has 2 aliphatic heterocycles. The molecule has 3 nitrogen and oxygen atoms in total. The molecule has 4 heteroatoms. The summed E-state index contributed by atoms with van der Waals surface area (Å²) in [4.78, 5) is 7.87. The van der Waals surface area contributed by atoms with Crippen LogP contribution < -0.4 is 14.7 Å². The van der Waals surface area contributed by atoms with Crippen LogP contribution in [-0.4, -0.2) is 12.1 Å². The molecule has 2 aliphatic carbocycles. The van der Waals surface area contributed by atoms with E-state index in [1.54, 1.807) is 0 Å². The van der Waals surface area contributed by atoms with Gasteiger partial charge in [-0.25, -0.2) is 0 Å². The van der Waals surface area contributed by atoms with Crippen LogP contribution in [0, 0.1) is 11.8 Å². The van der Waals surface area contributed by atoms with E-state index in [9.17, 15) is 0 Å². The fraction of sp³-hybridized carbons (Fsp3) is 0.143. The Morgan fingerprint density at radius 3 is 1.09 bits per heavy atom. The van der Waals surface area contributed by atoms with E-state index in [0.29, 0.717) is 17.1 Å². The lowest BCUT2D eigenvalue weighted by atomic mass is 9.63. The third kappa shape index (κ3) is 7.88. The van der Waals surface area contributed by atoms with Gasteiger partial charge in [0.15, 0.2) is 0 Å². The number of piperidine rings is 2. The Bertz CT molecular complexity index is 3010. The number of hydrogen-bond acceptors (Lipinski definition) is 3. The Kier molecular flexibility index (Phi) is 10.9. The fourth-order valence-electron chi connectivity index (χ4n) is 11.9. The van der Waals surface area contributed by atoms with Crippen molar-refractivity contribution in [2.75, 3.05) is 14.7 Å². The SMILES string of the molecule is Clc1cccc(N(c2cc(N(c3ccccc3)c3c(-c4ccccc4)cccc3-c3ccccc3)cc(N3C4CC5CC(C4)CC3C5)c2)c2c(-c3ccccc3)cccc2-c2ccccc2)c1. The highest BCUT2D eigenvalue weighted by Gasteiger charge is 2.47. The lowest BCUT2D eigenvalue weighted by molar-refractivity contribution is 0.0900. The molecule has 0 amide bonds. The van der Waals surface area contributed by atoms with Gasteiger partial charge in [-0.2, -0.15) is 0 Å². The first-order chi connectivity index (χ1) is 33.1. The number of nitrogens with zero attached hydrogens (tertiary/aromatic N) is 3. The lowest BCUT2D eigenvalue weighted by Crippen LogP contribution is -2.58. The second-order valence-electron chi connectivity index (χ2n) is 18.7. The van der Waals surface area contributed by atoms with Crippen molar-refractivity contribution in [2.45, 2.75) is 44.2 Å². The van der Waals surface area contributed by atoms with Crippen molar-refractivity contribution in [3.63, 3.8) is 0 Å². The van der Waals surface area contributed by atoms with Crippen LogP contribution >= 0.6 is 11.6 Å². The van der Waals surface area contributed by atoms with Crippen LogP contribution in [-0.2, 0) is 0 Å². The molecule has 0 unspecified atom stereocenters. The Hall–Kier alpha value is -7.33. The smallest absolute Gasteiger partial charge is 0.0618 e. The van der Waals surface area contributed by atoms with E-state index in [0.717, 1.165) is 68.2 Å². The van der Waals surface area contributed by atoms with Crippen molar-refractivity contribution < 1.29 is 0 Å². The number of para-hydroxylation sites is 3. The number of benzene rings is 9. The summed E-state index contributed by atoms with van der Waals surface area (Å²) >= 11 is 7.06. The maximum Gasteiger partial charge on any atom is 0.0618 e. The van der Waals surface area contributed by atoms with E-state index >= 15 is 0 Å². The van der Waals surface area contributed by atoms with Gasteiger partial charge in [-0.1, -0.05) is 194 Å². The molecule has 9 aromatic carbocycles. The van der Waals surface area contributed by atoms with E-state index in [4.69, 9.17) is 11.6 Å². The summed E-state index contributed by atoms with van der Waals surface area (Å²) < 4.78 is 0.